The molecule has 0 saturated heterocycles. The first-order valence-electron chi connectivity index (χ1n) is 8.93. The first kappa shape index (κ1) is 15.4. The lowest BCUT2D eigenvalue weighted by Gasteiger charge is -2.19. The lowest BCUT2D eigenvalue weighted by atomic mass is 10.1. The smallest absolute Gasteiger partial charge is 0.152 e. The van der Waals surface area contributed by atoms with Crippen molar-refractivity contribution in [1.82, 2.24) is 0 Å². The van der Waals surface area contributed by atoms with Crippen molar-refractivity contribution in [2.75, 3.05) is 0 Å². The van der Waals surface area contributed by atoms with Crippen LogP contribution in [0.25, 0.3) is 0 Å². The fourth-order valence-corrected chi connectivity index (χ4v) is 9.22. The maximum Gasteiger partial charge on any atom is 0.152 e. The van der Waals surface area contributed by atoms with E-state index in [9.17, 15) is 0 Å². The Hall–Kier alpha value is -1.17. The van der Waals surface area contributed by atoms with Crippen LogP contribution in [0.2, 0.25) is 10.1 Å². The molecular formula is C20H26OSi2. The third-order valence-corrected chi connectivity index (χ3v) is 10.3. The molecule has 0 spiro atoms. The van der Waals surface area contributed by atoms with Gasteiger partial charge >= 0.3 is 0 Å². The molecule has 0 heterocycles. The molecule has 2 saturated carbocycles. The molecule has 0 atom stereocenters. The largest absolute Gasteiger partial charge is 0.464 e. The summed E-state index contributed by atoms with van der Waals surface area (Å²) in [7, 11) is -0.721. The quantitative estimate of drug-likeness (QED) is 0.669. The Bertz CT molecular complexity index is 576. The molecule has 4 rings (SSSR count). The number of rotatable bonds is 8. The summed E-state index contributed by atoms with van der Waals surface area (Å²) in [4.78, 5) is 0. The van der Waals surface area contributed by atoms with Gasteiger partial charge in [-0.15, -0.1) is 0 Å². The number of hydrogen-bond donors (Lipinski definition) is 0. The van der Waals surface area contributed by atoms with E-state index in [0.717, 1.165) is 0 Å². The van der Waals surface area contributed by atoms with Crippen molar-refractivity contribution in [3.63, 3.8) is 0 Å². The number of hydrogen-bond acceptors (Lipinski definition) is 1. The van der Waals surface area contributed by atoms with Gasteiger partial charge in [-0.3, -0.25) is 0 Å². The van der Waals surface area contributed by atoms with Gasteiger partial charge in [0.05, 0.1) is 0 Å². The van der Waals surface area contributed by atoms with E-state index in [-0.39, 0.29) is 19.5 Å². The Balaban J connectivity index is 1.27. The minimum Gasteiger partial charge on any atom is -0.464 e. The van der Waals surface area contributed by atoms with Crippen molar-refractivity contribution in [2.45, 2.75) is 48.6 Å². The van der Waals surface area contributed by atoms with Crippen LogP contribution in [0.1, 0.15) is 36.8 Å². The van der Waals surface area contributed by atoms with Gasteiger partial charge in [-0.25, -0.2) is 0 Å². The highest BCUT2D eigenvalue weighted by atomic mass is 28.3. The highest BCUT2D eigenvalue weighted by molar-refractivity contribution is 6.48. The Morgan fingerprint density at radius 2 is 1.04 bits per heavy atom. The van der Waals surface area contributed by atoms with E-state index in [4.69, 9.17) is 4.12 Å². The fraction of sp³-hybridized carbons (Fsp3) is 0.400. The van der Waals surface area contributed by atoms with E-state index in [1.165, 1.54) is 49.7 Å². The summed E-state index contributed by atoms with van der Waals surface area (Å²) in [5, 5.41) is 1.22. The summed E-state index contributed by atoms with van der Waals surface area (Å²) in [5.41, 5.74) is 3.02. The first-order valence-corrected chi connectivity index (χ1v) is 11.5. The molecule has 0 radical (unpaired) electrons. The molecule has 3 heteroatoms. The molecule has 2 aliphatic rings. The summed E-state index contributed by atoms with van der Waals surface area (Å²) >= 11 is 0. The molecule has 0 N–H and O–H groups in total. The topological polar surface area (TPSA) is 9.23 Å². The zero-order chi connectivity index (χ0) is 15.6. The molecule has 120 valence electrons. The molecule has 2 aromatic rings. The van der Waals surface area contributed by atoms with Crippen LogP contribution in [-0.4, -0.2) is 19.5 Å². The second kappa shape index (κ2) is 6.38. The van der Waals surface area contributed by atoms with Crippen molar-refractivity contribution in [3.05, 3.63) is 71.8 Å². The standard InChI is InChI=1S/C20H26OSi2/c1-3-7-17(8-4-1)15-19(11-12-19)22-21-23-20(13-14-20)16-18-9-5-2-6-10-18/h1-10H,11-16,22-23H2. The molecule has 23 heavy (non-hydrogen) atoms. The van der Waals surface area contributed by atoms with Gasteiger partial charge in [0, 0.05) is 0 Å². The Morgan fingerprint density at radius 1 is 0.652 bits per heavy atom. The van der Waals surface area contributed by atoms with Crippen LogP contribution in [0.4, 0.5) is 0 Å². The summed E-state index contributed by atoms with van der Waals surface area (Å²) in [5.74, 6) is 0. The van der Waals surface area contributed by atoms with E-state index in [0.29, 0.717) is 10.1 Å². The maximum absolute atomic E-state index is 6.51. The summed E-state index contributed by atoms with van der Waals surface area (Å²) < 4.78 is 6.51. The average Bonchev–Trinajstić information content (AvgIpc) is 3.49. The van der Waals surface area contributed by atoms with E-state index >= 15 is 0 Å². The SMILES string of the molecule is c1ccc(CC2([SiH2]O[SiH2]C3(Cc4ccccc4)CC3)CC2)cc1. The molecule has 0 bridgehead atoms. The van der Waals surface area contributed by atoms with E-state index in [1.54, 1.807) is 0 Å². The van der Waals surface area contributed by atoms with Crippen LogP contribution in [0.5, 0.6) is 0 Å². The normalized spacial score (nSPS) is 21.2. The van der Waals surface area contributed by atoms with Crippen LogP contribution in [0, 0.1) is 0 Å². The first-order chi connectivity index (χ1) is 11.3. The van der Waals surface area contributed by atoms with Crippen LogP contribution in [-0.2, 0) is 17.0 Å². The molecule has 0 aromatic heterocycles. The summed E-state index contributed by atoms with van der Waals surface area (Å²) in [6.07, 6.45) is 8.17. The van der Waals surface area contributed by atoms with Crippen molar-refractivity contribution in [3.8, 4) is 0 Å². The zero-order valence-corrected chi connectivity index (χ0v) is 16.7. The molecule has 2 fully saturated rings. The van der Waals surface area contributed by atoms with E-state index in [1.807, 2.05) is 0 Å². The van der Waals surface area contributed by atoms with Crippen molar-refractivity contribution < 1.29 is 4.12 Å². The molecular weight excluding hydrogens is 312 g/mol. The number of benzene rings is 2. The molecule has 2 aromatic carbocycles. The summed E-state index contributed by atoms with van der Waals surface area (Å²) in [6, 6.07) is 22.0. The molecule has 2 aliphatic carbocycles. The molecule has 0 amide bonds. The van der Waals surface area contributed by atoms with Crippen molar-refractivity contribution in [1.29, 1.82) is 0 Å². The molecule has 0 aliphatic heterocycles. The summed E-state index contributed by atoms with van der Waals surface area (Å²) in [6.45, 7) is 0. The Labute approximate surface area is 144 Å². The zero-order valence-electron chi connectivity index (χ0n) is 13.8. The third kappa shape index (κ3) is 4.03. The lowest BCUT2D eigenvalue weighted by Crippen LogP contribution is -2.19. The minimum absolute atomic E-state index is 0.361. The van der Waals surface area contributed by atoms with Gasteiger partial charge in [0.15, 0.2) is 19.5 Å². The highest BCUT2D eigenvalue weighted by Gasteiger charge is 2.46. The van der Waals surface area contributed by atoms with Crippen molar-refractivity contribution in [2.24, 2.45) is 0 Å². The molecule has 1 nitrogen and oxygen atoms in total. The fourth-order valence-electron chi connectivity index (χ4n) is 3.64. The van der Waals surface area contributed by atoms with E-state index < -0.39 is 0 Å². The second-order valence-corrected chi connectivity index (χ2v) is 13.0. The van der Waals surface area contributed by atoms with E-state index in [2.05, 4.69) is 60.7 Å². The highest BCUT2D eigenvalue weighted by Crippen LogP contribution is 2.58. The van der Waals surface area contributed by atoms with Gasteiger partial charge in [0.25, 0.3) is 0 Å². The lowest BCUT2D eigenvalue weighted by molar-refractivity contribution is 0.571. The predicted molar refractivity (Wildman–Crippen MR) is 102 cm³/mol. The van der Waals surface area contributed by atoms with Gasteiger partial charge in [-0.2, -0.15) is 0 Å². The molecule has 0 unspecified atom stereocenters. The van der Waals surface area contributed by atoms with Gasteiger partial charge in [-0.1, -0.05) is 60.7 Å². The van der Waals surface area contributed by atoms with Crippen LogP contribution in [0.3, 0.4) is 0 Å². The third-order valence-electron chi connectivity index (χ3n) is 5.57. The van der Waals surface area contributed by atoms with Gasteiger partial charge in [0.1, 0.15) is 0 Å². The Kier molecular flexibility index (Phi) is 4.26. The Morgan fingerprint density at radius 3 is 1.39 bits per heavy atom. The van der Waals surface area contributed by atoms with Crippen LogP contribution < -0.4 is 0 Å². The second-order valence-electron chi connectivity index (χ2n) is 7.82. The minimum atomic E-state index is -0.361. The predicted octanol–water partition coefficient (Wildman–Crippen LogP) is 3.56. The van der Waals surface area contributed by atoms with Crippen molar-refractivity contribution >= 4 is 19.5 Å². The van der Waals surface area contributed by atoms with Gasteiger partial charge in [0.2, 0.25) is 0 Å². The maximum atomic E-state index is 6.51. The van der Waals surface area contributed by atoms with Gasteiger partial charge < -0.3 is 4.12 Å². The van der Waals surface area contributed by atoms with Crippen LogP contribution in [0.15, 0.2) is 60.7 Å². The monoisotopic (exact) mass is 338 g/mol. The van der Waals surface area contributed by atoms with Crippen LogP contribution >= 0.6 is 0 Å². The average molecular weight is 339 g/mol. The van der Waals surface area contributed by atoms with Gasteiger partial charge in [-0.05, 0) is 59.7 Å².